The Morgan fingerprint density at radius 2 is 1.47 bits per heavy atom. The van der Waals surface area contributed by atoms with Crippen molar-refractivity contribution in [2.45, 2.75) is 81.3 Å². The molecule has 30 heavy (non-hydrogen) atoms. The van der Waals surface area contributed by atoms with Crippen LogP contribution >= 0.6 is 0 Å². The molecule has 0 amide bonds. The van der Waals surface area contributed by atoms with Gasteiger partial charge in [0.2, 0.25) is 0 Å². The predicted octanol–water partition coefficient (Wildman–Crippen LogP) is 5.02. The zero-order valence-corrected chi connectivity index (χ0v) is 18.2. The van der Waals surface area contributed by atoms with Gasteiger partial charge in [0.15, 0.2) is 0 Å². The summed E-state index contributed by atoms with van der Waals surface area (Å²) in [6.45, 7) is 2.07. The lowest BCUT2D eigenvalue weighted by atomic mass is 9.70. The highest BCUT2D eigenvalue weighted by atomic mass is 19.1. The summed E-state index contributed by atoms with van der Waals surface area (Å²) in [5.74, 6) is 0.249. The van der Waals surface area contributed by atoms with E-state index < -0.39 is 5.54 Å². The van der Waals surface area contributed by atoms with Crippen molar-refractivity contribution in [1.29, 1.82) is 0 Å². The number of hydrogen-bond donors (Lipinski definition) is 2. The van der Waals surface area contributed by atoms with E-state index in [9.17, 15) is 4.39 Å². The topological polar surface area (TPSA) is 55.3 Å². The van der Waals surface area contributed by atoms with Gasteiger partial charge in [0.25, 0.3) is 0 Å². The van der Waals surface area contributed by atoms with E-state index in [4.69, 9.17) is 11.5 Å². The van der Waals surface area contributed by atoms with Crippen LogP contribution < -0.4 is 11.5 Å². The zero-order valence-electron chi connectivity index (χ0n) is 18.2. The minimum Gasteiger partial charge on any atom is -0.323 e. The number of piperidine rings is 1. The van der Waals surface area contributed by atoms with Gasteiger partial charge in [-0.2, -0.15) is 0 Å². The summed E-state index contributed by atoms with van der Waals surface area (Å²) in [6.07, 6.45) is 20.4. The highest BCUT2D eigenvalue weighted by Crippen LogP contribution is 2.43. The van der Waals surface area contributed by atoms with Crippen molar-refractivity contribution < 1.29 is 4.39 Å². The third kappa shape index (κ3) is 4.28. The van der Waals surface area contributed by atoms with E-state index in [2.05, 4.69) is 11.0 Å². The molecule has 0 bridgehead atoms. The first-order valence-electron chi connectivity index (χ1n) is 12.0. The first-order chi connectivity index (χ1) is 14.5. The minimum absolute atomic E-state index is 0.0230. The number of nitrogens with zero attached hydrogens (tertiary/aromatic N) is 1. The molecule has 4 rings (SSSR count). The molecule has 1 saturated heterocycles. The second kappa shape index (κ2) is 9.33. The van der Waals surface area contributed by atoms with Gasteiger partial charge in [0, 0.05) is 11.6 Å². The molecule has 0 spiro atoms. The van der Waals surface area contributed by atoms with E-state index in [-0.39, 0.29) is 17.4 Å². The normalized spacial score (nSPS) is 31.1. The van der Waals surface area contributed by atoms with Gasteiger partial charge in [-0.3, -0.25) is 4.90 Å². The second-order valence-electron chi connectivity index (χ2n) is 9.69. The third-order valence-corrected chi connectivity index (χ3v) is 8.01. The number of nitrogens with two attached hydrogens (primary N) is 2. The quantitative estimate of drug-likeness (QED) is 0.734. The largest absolute Gasteiger partial charge is 0.323 e. The van der Waals surface area contributed by atoms with Crippen molar-refractivity contribution in [1.82, 2.24) is 4.90 Å². The molecular formula is C26H38FN3. The second-order valence-corrected chi connectivity index (χ2v) is 9.69. The lowest BCUT2D eigenvalue weighted by Gasteiger charge is -2.51. The summed E-state index contributed by atoms with van der Waals surface area (Å²) in [4.78, 5) is 2.71. The fraction of sp³-hybridized carbons (Fsp3) is 0.615. The zero-order chi connectivity index (χ0) is 21.0. The predicted molar refractivity (Wildman–Crippen MR) is 122 cm³/mol. The number of likely N-dealkylation sites (tertiary alicyclic amines) is 1. The summed E-state index contributed by atoms with van der Waals surface area (Å²) in [5, 5.41) is 0. The van der Waals surface area contributed by atoms with Crippen LogP contribution in [0.5, 0.6) is 0 Å². The first-order valence-corrected chi connectivity index (χ1v) is 12.0. The number of benzene rings is 1. The average molecular weight is 412 g/mol. The Kier molecular flexibility index (Phi) is 6.76. The van der Waals surface area contributed by atoms with Gasteiger partial charge < -0.3 is 11.5 Å². The van der Waals surface area contributed by atoms with Gasteiger partial charge in [-0.05, 0) is 62.4 Å². The molecular weight excluding hydrogens is 373 g/mol. The van der Waals surface area contributed by atoms with Crippen LogP contribution in [0.1, 0.15) is 69.8 Å². The van der Waals surface area contributed by atoms with Crippen LogP contribution in [-0.2, 0) is 5.54 Å². The maximum absolute atomic E-state index is 13.7. The molecule has 3 nitrogen and oxygen atoms in total. The summed E-state index contributed by atoms with van der Waals surface area (Å²) >= 11 is 0. The highest BCUT2D eigenvalue weighted by Gasteiger charge is 2.44. The standard InChI is InChI=1S/C26H38FN3/c27-23-12-10-21(11-13-23)25(16-6-3-1-2-4-7-17-25)30-19-14-22(15-20-30)26(29)18-8-5-9-24(26)28/h5,8-13,18,22,24H,1-4,6-7,14-17,19-20,28-29H2. The van der Waals surface area contributed by atoms with Crippen LogP contribution in [0.4, 0.5) is 4.39 Å². The summed E-state index contributed by atoms with van der Waals surface area (Å²) in [7, 11) is 0. The van der Waals surface area contributed by atoms with Crippen LogP contribution in [0.3, 0.4) is 0 Å². The van der Waals surface area contributed by atoms with Gasteiger partial charge in [-0.1, -0.05) is 75.0 Å². The molecule has 0 aromatic heterocycles. The smallest absolute Gasteiger partial charge is 0.123 e. The molecule has 2 aliphatic carbocycles. The molecule has 4 heteroatoms. The van der Waals surface area contributed by atoms with Crippen LogP contribution in [-0.4, -0.2) is 29.6 Å². The van der Waals surface area contributed by atoms with Crippen LogP contribution in [0.25, 0.3) is 0 Å². The monoisotopic (exact) mass is 411 g/mol. The Morgan fingerprint density at radius 1 is 0.867 bits per heavy atom. The molecule has 2 fully saturated rings. The van der Waals surface area contributed by atoms with Gasteiger partial charge in [0.05, 0.1) is 5.54 Å². The van der Waals surface area contributed by atoms with Crippen molar-refractivity contribution in [2.24, 2.45) is 17.4 Å². The Morgan fingerprint density at radius 3 is 2.07 bits per heavy atom. The van der Waals surface area contributed by atoms with Gasteiger partial charge in [-0.15, -0.1) is 0 Å². The molecule has 4 N–H and O–H groups in total. The van der Waals surface area contributed by atoms with Crippen molar-refractivity contribution in [2.75, 3.05) is 13.1 Å². The van der Waals surface area contributed by atoms with Gasteiger partial charge in [0.1, 0.15) is 5.82 Å². The van der Waals surface area contributed by atoms with E-state index in [1.165, 1.54) is 56.9 Å². The molecule has 3 aliphatic rings. The van der Waals surface area contributed by atoms with E-state index in [1.54, 1.807) is 12.1 Å². The van der Waals surface area contributed by atoms with Gasteiger partial charge in [-0.25, -0.2) is 4.39 Å². The van der Waals surface area contributed by atoms with Crippen molar-refractivity contribution in [3.63, 3.8) is 0 Å². The fourth-order valence-electron chi connectivity index (χ4n) is 6.11. The molecule has 1 saturated carbocycles. The molecule has 0 radical (unpaired) electrons. The maximum atomic E-state index is 13.7. The molecule has 164 valence electrons. The summed E-state index contributed by atoms with van der Waals surface area (Å²) in [6, 6.07) is 7.24. The minimum atomic E-state index is -0.442. The number of rotatable bonds is 3. The Balaban J connectivity index is 1.56. The molecule has 1 aromatic rings. The molecule has 1 aliphatic heterocycles. The Bertz CT molecular complexity index is 738. The summed E-state index contributed by atoms with van der Waals surface area (Å²) in [5.41, 5.74) is 14.1. The fourth-order valence-corrected chi connectivity index (χ4v) is 6.11. The van der Waals surface area contributed by atoms with Gasteiger partial charge >= 0.3 is 0 Å². The Hall–Kier alpha value is -1.49. The Labute approximate surface area is 181 Å². The van der Waals surface area contributed by atoms with E-state index in [0.717, 1.165) is 25.9 Å². The number of hydrogen-bond acceptors (Lipinski definition) is 3. The highest BCUT2D eigenvalue weighted by molar-refractivity contribution is 5.29. The van der Waals surface area contributed by atoms with Crippen LogP contribution in [0.2, 0.25) is 0 Å². The van der Waals surface area contributed by atoms with E-state index in [1.807, 2.05) is 30.4 Å². The van der Waals surface area contributed by atoms with Crippen molar-refractivity contribution >= 4 is 0 Å². The lowest BCUT2D eigenvalue weighted by molar-refractivity contribution is 0.0185. The third-order valence-electron chi connectivity index (χ3n) is 8.01. The molecule has 1 aromatic carbocycles. The van der Waals surface area contributed by atoms with Crippen LogP contribution in [0, 0.1) is 11.7 Å². The summed E-state index contributed by atoms with van der Waals surface area (Å²) < 4.78 is 13.7. The molecule has 2 unspecified atom stereocenters. The number of halogens is 1. The number of allylic oxidation sites excluding steroid dienone is 2. The molecule has 1 heterocycles. The molecule has 2 atom stereocenters. The maximum Gasteiger partial charge on any atom is 0.123 e. The van der Waals surface area contributed by atoms with Crippen molar-refractivity contribution in [3.8, 4) is 0 Å². The van der Waals surface area contributed by atoms with Crippen LogP contribution in [0.15, 0.2) is 48.6 Å². The average Bonchev–Trinajstić information content (AvgIpc) is 2.89. The van der Waals surface area contributed by atoms with Crippen molar-refractivity contribution in [3.05, 3.63) is 60.0 Å². The first kappa shape index (κ1) is 21.7. The van der Waals surface area contributed by atoms with E-state index >= 15 is 0 Å². The lowest BCUT2D eigenvalue weighted by Crippen LogP contribution is -2.61. The van der Waals surface area contributed by atoms with E-state index in [0.29, 0.717) is 5.92 Å². The SMILES string of the molecule is NC1C=CC=CC1(N)C1CCN(C2(c3ccc(F)cc3)CCCCCCCC2)CC1.